The van der Waals surface area contributed by atoms with Gasteiger partial charge in [0, 0.05) is 18.2 Å². The summed E-state index contributed by atoms with van der Waals surface area (Å²) in [5, 5.41) is 3.13. The monoisotopic (exact) mass is 300 g/mol. The molecule has 1 aromatic carbocycles. The van der Waals surface area contributed by atoms with Gasteiger partial charge in [0.15, 0.2) is 0 Å². The number of carbonyl (C=O) groups excluding carboxylic acids is 2. The molecule has 2 aliphatic rings. The molecule has 118 valence electrons. The molecule has 4 heteroatoms. The van der Waals surface area contributed by atoms with Crippen molar-refractivity contribution in [2.75, 3.05) is 11.4 Å². The molecule has 0 bridgehead atoms. The zero-order chi connectivity index (χ0) is 15.5. The molecule has 0 radical (unpaired) electrons. The van der Waals surface area contributed by atoms with E-state index in [4.69, 9.17) is 0 Å². The number of nitrogens with zero attached hydrogens (tertiary/aromatic N) is 1. The smallest absolute Gasteiger partial charge is 0.240 e. The molecule has 1 aliphatic carbocycles. The van der Waals surface area contributed by atoms with Gasteiger partial charge in [0.1, 0.15) is 6.54 Å². The third kappa shape index (κ3) is 3.16. The topological polar surface area (TPSA) is 49.4 Å². The highest BCUT2D eigenvalue weighted by atomic mass is 16.2. The van der Waals surface area contributed by atoms with Crippen LogP contribution in [0.15, 0.2) is 24.3 Å². The number of carbonyl (C=O) groups is 2. The van der Waals surface area contributed by atoms with Crippen LogP contribution in [0.4, 0.5) is 5.69 Å². The minimum atomic E-state index is -0.0381. The molecule has 22 heavy (non-hydrogen) atoms. The van der Waals surface area contributed by atoms with Gasteiger partial charge in [-0.05, 0) is 36.8 Å². The molecular formula is C18H24N2O2. The highest BCUT2D eigenvalue weighted by molar-refractivity contribution is 6.01. The predicted octanol–water partition coefficient (Wildman–Crippen LogP) is 2.66. The molecule has 1 fully saturated rings. The van der Waals surface area contributed by atoms with Crippen molar-refractivity contribution in [2.24, 2.45) is 5.92 Å². The number of nitrogens with one attached hydrogen (secondary N) is 1. The van der Waals surface area contributed by atoms with E-state index >= 15 is 0 Å². The van der Waals surface area contributed by atoms with E-state index in [1.54, 1.807) is 4.90 Å². The molecular weight excluding hydrogens is 276 g/mol. The lowest BCUT2D eigenvalue weighted by Gasteiger charge is -2.32. The molecule has 1 aliphatic heterocycles. The van der Waals surface area contributed by atoms with Crippen LogP contribution >= 0.6 is 0 Å². The van der Waals surface area contributed by atoms with Crippen LogP contribution in [-0.2, 0) is 16.0 Å². The van der Waals surface area contributed by atoms with Crippen molar-refractivity contribution in [3.05, 3.63) is 29.8 Å². The zero-order valence-electron chi connectivity index (χ0n) is 13.2. The normalized spacial score (nSPS) is 24.8. The van der Waals surface area contributed by atoms with Gasteiger partial charge in [-0.2, -0.15) is 0 Å². The minimum Gasteiger partial charge on any atom is -0.352 e. The first-order chi connectivity index (χ1) is 10.6. The number of anilines is 1. The zero-order valence-corrected chi connectivity index (χ0v) is 13.2. The number of benzene rings is 1. The first-order valence-electron chi connectivity index (χ1n) is 8.33. The summed E-state index contributed by atoms with van der Waals surface area (Å²) in [6.07, 6.45) is 5.93. The molecule has 1 N–H and O–H groups in total. The van der Waals surface area contributed by atoms with Gasteiger partial charge < -0.3 is 10.2 Å². The average molecular weight is 300 g/mol. The van der Waals surface area contributed by atoms with Crippen molar-refractivity contribution in [1.82, 2.24) is 5.32 Å². The highest BCUT2D eigenvalue weighted by Crippen LogP contribution is 2.27. The van der Waals surface area contributed by atoms with E-state index in [0.29, 0.717) is 12.3 Å². The molecule has 1 aromatic rings. The number of hydrogen-bond donors (Lipinski definition) is 1. The van der Waals surface area contributed by atoms with E-state index in [2.05, 4.69) is 12.2 Å². The van der Waals surface area contributed by atoms with E-state index in [1.807, 2.05) is 24.3 Å². The Bertz CT molecular complexity index is 570. The number of fused-ring (bicyclic) bond motifs is 1. The Hall–Kier alpha value is -1.84. The second-order valence-electron chi connectivity index (χ2n) is 6.54. The van der Waals surface area contributed by atoms with Crippen LogP contribution in [0.5, 0.6) is 0 Å². The van der Waals surface area contributed by atoms with Gasteiger partial charge in [-0.25, -0.2) is 0 Å². The third-order valence-corrected chi connectivity index (χ3v) is 4.95. The summed E-state index contributed by atoms with van der Waals surface area (Å²) in [4.78, 5) is 26.2. The lowest BCUT2D eigenvalue weighted by atomic mass is 9.86. The molecule has 0 aromatic heterocycles. The van der Waals surface area contributed by atoms with Crippen LogP contribution in [0.2, 0.25) is 0 Å². The van der Waals surface area contributed by atoms with E-state index in [-0.39, 0.29) is 24.4 Å². The Kier molecular flexibility index (Phi) is 4.46. The summed E-state index contributed by atoms with van der Waals surface area (Å²) in [7, 11) is 0. The van der Waals surface area contributed by atoms with Crippen molar-refractivity contribution in [2.45, 2.75) is 51.5 Å². The summed E-state index contributed by atoms with van der Waals surface area (Å²) in [6, 6.07) is 8.14. The van der Waals surface area contributed by atoms with Gasteiger partial charge >= 0.3 is 0 Å². The summed E-state index contributed by atoms with van der Waals surface area (Å²) in [5.74, 6) is 0.538. The maximum absolute atomic E-state index is 12.4. The molecule has 4 nitrogen and oxygen atoms in total. The maximum Gasteiger partial charge on any atom is 0.240 e. The summed E-state index contributed by atoms with van der Waals surface area (Å²) in [5.41, 5.74) is 2.05. The number of hydrogen-bond acceptors (Lipinski definition) is 2. The number of para-hydroxylation sites is 1. The van der Waals surface area contributed by atoms with Gasteiger partial charge in [0.2, 0.25) is 11.8 Å². The second-order valence-corrected chi connectivity index (χ2v) is 6.54. The Morgan fingerprint density at radius 2 is 2.00 bits per heavy atom. The van der Waals surface area contributed by atoms with Crippen LogP contribution in [-0.4, -0.2) is 24.4 Å². The van der Waals surface area contributed by atoms with Crippen LogP contribution in [0.3, 0.4) is 0 Å². The molecule has 3 rings (SSSR count). The van der Waals surface area contributed by atoms with Crippen molar-refractivity contribution >= 4 is 17.5 Å². The molecule has 2 amide bonds. The quantitative estimate of drug-likeness (QED) is 0.933. The Labute approximate surface area is 131 Å². The fourth-order valence-electron chi connectivity index (χ4n) is 3.60. The van der Waals surface area contributed by atoms with E-state index in [9.17, 15) is 9.59 Å². The standard InChI is InChI=1S/C18H24N2O2/c1-13-6-2-4-8-15(13)19-17(21)12-20-16-9-5-3-7-14(16)10-11-18(20)22/h3,5,7,9,13,15H,2,4,6,8,10-12H2,1H3,(H,19,21)/t13-,15+/m1/s1. The minimum absolute atomic E-state index is 0.0381. The highest BCUT2D eigenvalue weighted by Gasteiger charge is 2.28. The summed E-state index contributed by atoms with van der Waals surface area (Å²) < 4.78 is 0. The number of aryl methyl sites for hydroxylation is 1. The van der Waals surface area contributed by atoms with Gasteiger partial charge in [-0.15, -0.1) is 0 Å². The molecule has 0 spiro atoms. The Morgan fingerprint density at radius 3 is 2.82 bits per heavy atom. The SMILES string of the molecule is C[C@@H]1CCCC[C@@H]1NC(=O)CN1C(=O)CCc2ccccc21. The van der Waals surface area contributed by atoms with E-state index < -0.39 is 0 Å². The Balaban J connectivity index is 1.67. The Morgan fingerprint density at radius 1 is 1.23 bits per heavy atom. The molecule has 2 atom stereocenters. The average Bonchev–Trinajstić information content (AvgIpc) is 2.52. The fourth-order valence-corrected chi connectivity index (χ4v) is 3.60. The maximum atomic E-state index is 12.4. The van der Waals surface area contributed by atoms with Crippen molar-refractivity contribution in [3.63, 3.8) is 0 Å². The lowest BCUT2D eigenvalue weighted by Crippen LogP contribution is -2.48. The third-order valence-electron chi connectivity index (χ3n) is 4.95. The van der Waals surface area contributed by atoms with Gasteiger partial charge in [-0.1, -0.05) is 38.0 Å². The molecule has 1 heterocycles. The van der Waals surface area contributed by atoms with Gasteiger partial charge in [-0.3, -0.25) is 9.59 Å². The van der Waals surface area contributed by atoms with Crippen molar-refractivity contribution < 1.29 is 9.59 Å². The first kappa shape index (κ1) is 15.1. The van der Waals surface area contributed by atoms with Crippen LogP contribution in [0, 0.1) is 5.92 Å². The summed E-state index contributed by atoms with van der Waals surface area (Å²) in [6.45, 7) is 2.34. The predicted molar refractivity (Wildman–Crippen MR) is 86.7 cm³/mol. The number of amides is 2. The van der Waals surface area contributed by atoms with E-state index in [0.717, 1.165) is 24.1 Å². The van der Waals surface area contributed by atoms with E-state index in [1.165, 1.54) is 19.3 Å². The molecule has 1 saturated carbocycles. The number of rotatable bonds is 3. The molecule has 0 unspecified atom stereocenters. The van der Waals surface area contributed by atoms with Crippen LogP contribution in [0.25, 0.3) is 0 Å². The fraction of sp³-hybridized carbons (Fsp3) is 0.556. The van der Waals surface area contributed by atoms with Gasteiger partial charge in [0.25, 0.3) is 0 Å². The lowest BCUT2D eigenvalue weighted by molar-refractivity contribution is -0.124. The second kappa shape index (κ2) is 6.51. The van der Waals surface area contributed by atoms with Crippen LogP contribution < -0.4 is 10.2 Å². The van der Waals surface area contributed by atoms with Crippen LogP contribution in [0.1, 0.15) is 44.6 Å². The van der Waals surface area contributed by atoms with Gasteiger partial charge in [0.05, 0.1) is 0 Å². The van der Waals surface area contributed by atoms with Crippen molar-refractivity contribution in [1.29, 1.82) is 0 Å². The molecule has 0 saturated heterocycles. The van der Waals surface area contributed by atoms with Crippen molar-refractivity contribution in [3.8, 4) is 0 Å². The largest absolute Gasteiger partial charge is 0.352 e. The first-order valence-corrected chi connectivity index (χ1v) is 8.33. The summed E-state index contributed by atoms with van der Waals surface area (Å²) >= 11 is 0.